The predicted octanol–water partition coefficient (Wildman–Crippen LogP) is 3.60. The lowest BCUT2D eigenvalue weighted by Gasteiger charge is -2.15. The minimum absolute atomic E-state index is 0.108. The summed E-state index contributed by atoms with van der Waals surface area (Å²) in [5.74, 6) is 0.808. The normalized spacial score (nSPS) is 13.4. The second-order valence-electron chi connectivity index (χ2n) is 3.79. The molecule has 1 unspecified atom stereocenters. The third-order valence-electron chi connectivity index (χ3n) is 2.37. The molecule has 0 amide bonds. The van der Waals surface area contributed by atoms with Crippen LogP contribution in [0.3, 0.4) is 0 Å². The zero-order valence-corrected chi connectivity index (χ0v) is 11.1. The molecule has 0 aliphatic heterocycles. The first-order chi connectivity index (χ1) is 8.42. The van der Waals surface area contributed by atoms with Gasteiger partial charge >= 0.3 is 6.36 Å². The molecular weight excluding hydrogens is 263 g/mol. The van der Waals surface area contributed by atoms with Gasteiger partial charge in [-0.3, -0.25) is 0 Å². The highest BCUT2D eigenvalue weighted by Gasteiger charge is 2.30. The molecule has 0 aliphatic rings. The van der Waals surface area contributed by atoms with Crippen molar-refractivity contribution in [2.45, 2.75) is 19.3 Å². The Morgan fingerprint density at radius 3 is 2.39 bits per heavy atom. The number of halogens is 3. The average molecular weight is 279 g/mol. The van der Waals surface area contributed by atoms with Crippen LogP contribution in [0.5, 0.6) is 5.75 Å². The van der Waals surface area contributed by atoms with Gasteiger partial charge in [0.2, 0.25) is 0 Å². The van der Waals surface area contributed by atoms with Crippen LogP contribution in [-0.4, -0.2) is 24.9 Å². The van der Waals surface area contributed by atoms with E-state index in [9.17, 15) is 13.2 Å². The predicted molar refractivity (Wildman–Crippen MR) is 67.9 cm³/mol. The number of nitrogens with one attached hydrogen (secondary N) is 1. The van der Waals surface area contributed by atoms with Crippen molar-refractivity contribution in [3.8, 4) is 5.75 Å². The second kappa shape index (κ2) is 6.89. The number of thioether (sulfide) groups is 1. The van der Waals surface area contributed by atoms with Crippen molar-refractivity contribution in [2.24, 2.45) is 0 Å². The Kier molecular flexibility index (Phi) is 5.81. The number of benzene rings is 1. The van der Waals surface area contributed by atoms with Gasteiger partial charge in [0.15, 0.2) is 0 Å². The number of ether oxygens (including phenoxy) is 1. The van der Waals surface area contributed by atoms with Crippen LogP contribution in [0.15, 0.2) is 24.3 Å². The van der Waals surface area contributed by atoms with E-state index >= 15 is 0 Å². The second-order valence-corrected chi connectivity index (χ2v) is 4.77. The molecule has 1 aromatic carbocycles. The molecule has 2 nitrogen and oxygen atoms in total. The largest absolute Gasteiger partial charge is 0.573 e. The highest BCUT2D eigenvalue weighted by molar-refractivity contribution is 7.98. The summed E-state index contributed by atoms with van der Waals surface area (Å²) in [5, 5.41) is 3.28. The van der Waals surface area contributed by atoms with Crippen LogP contribution in [0, 0.1) is 0 Å². The molecule has 1 rings (SSSR count). The smallest absolute Gasteiger partial charge is 0.406 e. The van der Waals surface area contributed by atoms with Gasteiger partial charge in [-0.2, -0.15) is 11.8 Å². The summed E-state index contributed by atoms with van der Waals surface area (Å²) in [6.07, 6.45) is -2.61. The summed E-state index contributed by atoms with van der Waals surface area (Å²) in [6.45, 7) is 2.84. The topological polar surface area (TPSA) is 21.3 Å². The minimum Gasteiger partial charge on any atom is -0.406 e. The molecule has 6 heteroatoms. The van der Waals surface area contributed by atoms with E-state index in [0.29, 0.717) is 0 Å². The molecule has 1 aromatic rings. The Balaban J connectivity index is 2.54. The fourth-order valence-corrected chi connectivity index (χ4v) is 1.78. The van der Waals surface area contributed by atoms with Crippen molar-refractivity contribution in [3.05, 3.63) is 29.8 Å². The molecule has 0 spiro atoms. The van der Waals surface area contributed by atoms with Crippen LogP contribution in [0.1, 0.15) is 18.5 Å². The zero-order valence-electron chi connectivity index (χ0n) is 10.3. The molecule has 0 fully saturated rings. The molecule has 18 heavy (non-hydrogen) atoms. The van der Waals surface area contributed by atoms with Crippen molar-refractivity contribution >= 4 is 11.8 Å². The Bertz CT molecular complexity index is 353. The van der Waals surface area contributed by atoms with Crippen molar-refractivity contribution < 1.29 is 17.9 Å². The van der Waals surface area contributed by atoms with E-state index in [0.717, 1.165) is 17.9 Å². The first-order valence-corrected chi connectivity index (χ1v) is 6.90. The van der Waals surface area contributed by atoms with Gasteiger partial charge in [-0.1, -0.05) is 12.1 Å². The van der Waals surface area contributed by atoms with E-state index in [2.05, 4.69) is 10.1 Å². The van der Waals surface area contributed by atoms with E-state index in [1.54, 1.807) is 23.9 Å². The monoisotopic (exact) mass is 279 g/mol. The van der Waals surface area contributed by atoms with Crippen molar-refractivity contribution in [1.82, 2.24) is 5.32 Å². The molecule has 0 bridgehead atoms. The van der Waals surface area contributed by atoms with Gasteiger partial charge in [-0.25, -0.2) is 0 Å². The van der Waals surface area contributed by atoms with Crippen LogP contribution in [-0.2, 0) is 0 Å². The third-order valence-corrected chi connectivity index (χ3v) is 2.98. The summed E-state index contributed by atoms with van der Waals surface area (Å²) < 4.78 is 39.7. The molecule has 1 atom stereocenters. The highest BCUT2D eigenvalue weighted by Crippen LogP contribution is 2.24. The molecule has 0 saturated carbocycles. The van der Waals surface area contributed by atoms with Gasteiger partial charge in [0, 0.05) is 18.3 Å². The number of rotatable bonds is 6. The molecule has 0 saturated heterocycles. The average Bonchev–Trinajstić information content (AvgIpc) is 2.28. The van der Waals surface area contributed by atoms with Crippen LogP contribution < -0.4 is 10.1 Å². The Morgan fingerprint density at radius 2 is 1.89 bits per heavy atom. The molecule has 0 radical (unpaired) electrons. The summed E-state index contributed by atoms with van der Waals surface area (Å²) in [4.78, 5) is 0. The zero-order chi connectivity index (χ0) is 13.6. The van der Waals surface area contributed by atoms with Crippen molar-refractivity contribution in [1.29, 1.82) is 0 Å². The lowest BCUT2D eigenvalue weighted by Crippen LogP contribution is -2.21. The first kappa shape index (κ1) is 15.2. The third kappa shape index (κ3) is 5.64. The maximum absolute atomic E-state index is 12.0. The van der Waals surface area contributed by atoms with Gasteiger partial charge in [0.25, 0.3) is 0 Å². The Hall–Kier alpha value is -0.880. The standard InChI is InChI=1S/C12H16F3NOS/c1-9(16-7-8-18-2)10-3-5-11(6-4-10)17-12(13,14)15/h3-6,9,16H,7-8H2,1-2H3. The molecular formula is C12H16F3NOS. The molecule has 0 heterocycles. The number of hydrogen-bond acceptors (Lipinski definition) is 3. The number of hydrogen-bond donors (Lipinski definition) is 1. The van der Waals surface area contributed by atoms with E-state index in [4.69, 9.17) is 0 Å². The molecule has 1 N–H and O–H groups in total. The van der Waals surface area contributed by atoms with Crippen molar-refractivity contribution in [2.75, 3.05) is 18.6 Å². The van der Waals surface area contributed by atoms with Crippen LogP contribution in [0.25, 0.3) is 0 Å². The summed E-state index contributed by atoms with van der Waals surface area (Å²) in [5.41, 5.74) is 0.936. The highest BCUT2D eigenvalue weighted by atomic mass is 32.2. The fraction of sp³-hybridized carbons (Fsp3) is 0.500. The van der Waals surface area contributed by atoms with E-state index in [-0.39, 0.29) is 11.8 Å². The Labute approximate surface area is 109 Å². The quantitative estimate of drug-likeness (QED) is 0.804. The van der Waals surface area contributed by atoms with Gasteiger partial charge < -0.3 is 10.1 Å². The Morgan fingerprint density at radius 1 is 1.28 bits per heavy atom. The lowest BCUT2D eigenvalue weighted by molar-refractivity contribution is -0.274. The molecule has 0 aromatic heterocycles. The van der Waals surface area contributed by atoms with Crippen LogP contribution in [0.4, 0.5) is 13.2 Å². The van der Waals surface area contributed by atoms with Gasteiger partial charge in [-0.15, -0.1) is 13.2 Å². The van der Waals surface area contributed by atoms with Gasteiger partial charge in [-0.05, 0) is 30.9 Å². The number of alkyl halides is 3. The summed E-state index contributed by atoms with van der Waals surface area (Å²) in [7, 11) is 0. The minimum atomic E-state index is -4.64. The molecule has 0 aliphatic carbocycles. The maximum Gasteiger partial charge on any atom is 0.573 e. The first-order valence-electron chi connectivity index (χ1n) is 5.50. The maximum atomic E-state index is 12.0. The summed E-state index contributed by atoms with van der Waals surface area (Å²) in [6, 6.07) is 6.04. The summed E-state index contributed by atoms with van der Waals surface area (Å²) >= 11 is 1.74. The van der Waals surface area contributed by atoms with Crippen molar-refractivity contribution in [3.63, 3.8) is 0 Å². The van der Waals surface area contributed by atoms with Crippen LogP contribution >= 0.6 is 11.8 Å². The SMILES string of the molecule is CSCCNC(C)c1ccc(OC(F)(F)F)cc1. The van der Waals surface area contributed by atoms with Gasteiger partial charge in [0.05, 0.1) is 0 Å². The lowest BCUT2D eigenvalue weighted by atomic mass is 10.1. The van der Waals surface area contributed by atoms with Crippen LogP contribution in [0.2, 0.25) is 0 Å². The van der Waals surface area contributed by atoms with E-state index < -0.39 is 6.36 Å². The fourth-order valence-electron chi connectivity index (χ4n) is 1.45. The van der Waals surface area contributed by atoms with Gasteiger partial charge in [0.1, 0.15) is 5.75 Å². The van der Waals surface area contributed by atoms with E-state index in [1.165, 1.54) is 12.1 Å². The molecule has 102 valence electrons. The van der Waals surface area contributed by atoms with E-state index in [1.807, 2.05) is 13.2 Å².